The molecule has 1 atom stereocenters. The lowest BCUT2D eigenvalue weighted by Crippen LogP contribution is -2.35. The number of aliphatic carboxylic acids is 1. The van der Waals surface area contributed by atoms with Crippen molar-refractivity contribution in [3.8, 4) is 0 Å². The van der Waals surface area contributed by atoms with Crippen LogP contribution >= 0.6 is 0 Å². The maximum atomic E-state index is 12.7. The molecule has 0 aliphatic heterocycles. The van der Waals surface area contributed by atoms with Gasteiger partial charge in [-0.05, 0) is 38.2 Å². The Kier molecular flexibility index (Phi) is 4.13. The minimum Gasteiger partial charge on any atom is -0.479 e. The predicted molar refractivity (Wildman–Crippen MR) is 89.7 cm³/mol. The van der Waals surface area contributed by atoms with Gasteiger partial charge in [0.15, 0.2) is 5.54 Å². The zero-order chi connectivity index (χ0) is 17.3. The smallest absolute Gasteiger partial charge is 0.331 e. The molecule has 1 unspecified atom stereocenters. The van der Waals surface area contributed by atoms with E-state index in [0.717, 1.165) is 18.4 Å². The van der Waals surface area contributed by atoms with Crippen molar-refractivity contribution in [2.45, 2.75) is 38.1 Å². The lowest BCUT2D eigenvalue weighted by Gasteiger charge is -2.19. The number of aromatic nitrogens is 2. The summed E-state index contributed by atoms with van der Waals surface area (Å²) in [6.07, 6.45) is 5.15. The summed E-state index contributed by atoms with van der Waals surface area (Å²) < 4.78 is 1.35. The van der Waals surface area contributed by atoms with E-state index >= 15 is 0 Å². The average molecular weight is 327 g/mol. The van der Waals surface area contributed by atoms with Gasteiger partial charge in [-0.25, -0.2) is 4.79 Å². The van der Waals surface area contributed by atoms with Crippen LogP contribution in [0, 0.1) is 5.92 Å². The molecule has 1 saturated carbocycles. The minimum atomic E-state index is -1.17. The van der Waals surface area contributed by atoms with Crippen molar-refractivity contribution < 1.29 is 14.7 Å². The zero-order valence-corrected chi connectivity index (χ0v) is 13.8. The van der Waals surface area contributed by atoms with E-state index in [2.05, 4.69) is 10.4 Å². The van der Waals surface area contributed by atoms with Gasteiger partial charge in [0.25, 0.3) is 0 Å². The Labute approximate surface area is 140 Å². The Morgan fingerprint density at radius 2 is 1.96 bits per heavy atom. The third-order valence-corrected chi connectivity index (χ3v) is 4.48. The number of nitrogens with one attached hydrogen (secondary N) is 1. The summed E-state index contributed by atoms with van der Waals surface area (Å²) >= 11 is 0. The lowest BCUT2D eigenvalue weighted by atomic mass is 9.93. The Bertz CT molecular complexity index is 748. The fourth-order valence-corrected chi connectivity index (χ4v) is 2.74. The Morgan fingerprint density at radius 1 is 1.29 bits per heavy atom. The molecule has 0 radical (unpaired) electrons. The molecular weight excluding hydrogens is 306 g/mol. The number of hydrogen-bond acceptors (Lipinski definition) is 3. The summed E-state index contributed by atoms with van der Waals surface area (Å²) in [5, 5.41) is 16.2. The second kappa shape index (κ2) is 6.11. The van der Waals surface area contributed by atoms with Gasteiger partial charge in [0.05, 0.1) is 17.8 Å². The van der Waals surface area contributed by atoms with Gasteiger partial charge in [0.2, 0.25) is 5.91 Å². The molecule has 3 rings (SSSR count). The summed E-state index contributed by atoms with van der Waals surface area (Å²) in [6, 6.07) is 9.75. The van der Waals surface area contributed by atoms with Crippen molar-refractivity contribution in [1.29, 1.82) is 0 Å². The Morgan fingerprint density at radius 3 is 2.54 bits per heavy atom. The lowest BCUT2D eigenvalue weighted by molar-refractivity contribution is -0.146. The molecule has 1 fully saturated rings. The van der Waals surface area contributed by atoms with Crippen LogP contribution in [0.3, 0.4) is 0 Å². The molecule has 1 aromatic heterocycles. The first kappa shape index (κ1) is 16.2. The van der Waals surface area contributed by atoms with E-state index < -0.39 is 11.5 Å². The van der Waals surface area contributed by atoms with Crippen LogP contribution in [0.1, 0.15) is 38.2 Å². The maximum absolute atomic E-state index is 12.7. The SMILES string of the molecule is CC(C)(C(=O)O)n1cc(NC(=O)C(c2ccccc2)C2CC2)cn1. The highest BCUT2D eigenvalue weighted by Crippen LogP contribution is 2.43. The van der Waals surface area contributed by atoms with Crippen LogP contribution in [0.5, 0.6) is 0 Å². The molecule has 2 N–H and O–H groups in total. The largest absolute Gasteiger partial charge is 0.479 e. The average Bonchev–Trinajstić information content (AvgIpc) is 3.25. The zero-order valence-electron chi connectivity index (χ0n) is 13.8. The molecule has 24 heavy (non-hydrogen) atoms. The van der Waals surface area contributed by atoms with Crippen molar-refractivity contribution in [2.24, 2.45) is 5.92 Å². The molecule has 2 aromatic rings. The summed E-state index contributed by atoms with van der Waals surface area (Å²) in [7, 11) is 0. The fourth-order valence-electron chi connectivity index (χ4n) is 2.74. The number of amides is 1. The third-order valence-electron chi connectivity index (χ3n) is 4.48. The van der Waals surface area contributed by atoms with E-state index in [1.165, 1.54) is 10.9 Å². The van der Waals surface area contributed by atoms with E-state index in [-0.39, 0.29) is 11.8 Å². The second-order valence-electron chi connectivity index (χ2n) is 6.75. The number of carbonyl (C=O) groups excluding carboxylic acids is 1. The van der Waals surface area contributed by atoms with Crippen molar-refractivity contribution in [3.05, 3.63) is 48.3 Å². The summed E-state index contributed by atoms with van der Waals surface area (Å²) in [4.78, 5) is 24.0. The van der Waals surface area contributed by atoms with Crippen molar-refractivity contribution >= 4 is 17.6 Å². The number of hydrogen-bond donors (Lipinski definition) is 2. The molecule has 1 aliphatic carbocycles. The number of anilines is 1. The van der Waals surface area contributed by atoms with E-state index in [1.807, 2.05) is 30.3 Å². The van der Waals surface area contributed by atoms with Crippen molar-refractivity contribution in [2.75, 3.05) is 5.32 Å². The number of carboxylic acids is 1. The molecule has 0 spiro atoms. The number of benzene rings is 1. The van der Waals surface area contributed by atoms with Gasteiger partial charge in [-0.2, -0.15) is 5.10 Å². The highest BCUT2D eigenvalue weighted by atomic mass is 16.4. The summed E-state index contributed by atoms with van der Waals surface area (Å²) in [6.45, 7) is 3.12. The first-order valence-electron chi connectivity index (χ1n) is 8.04. The number of nitrogens with zero attached hydrogens (tertiary/aromatic N) is 2. The summed E-state index contributed by atoms with van der Waals surface area (Å²) in [5.74, 6) is -0.861. The molecule has 6 heteroatoms. The van der Waals surface area contributed by atoms with Gasteiger partial charge < -0.3 is 10.4 Å². The second-order valence-corrected chi connectivity index (χ2v) is 6.75. The van der Waals surface area contributed by atoms with E-state index in [4.69, 9.17) is 0 Å². The van der Waals surface area contributed by atoms with Gasteiger partial charge in [-0.15, -0.1) is 0 Å². The third kappa shape index (κ3) is 3.18. The summed E-state index contributed by atoms with van der Waals surface area (Å²) in [5.41, 5.74) is 0.352. The van der Waals surface area contributed by atoms with E-state index in [1.54, 1.807) is 20.0 Å². The highest BCUT2D eigenvalue weighted by molar-refractivity contribution is 5.96. The van der Waals surface area contributed by atoms with Crippen LogP contribution in [-0.4, -0.2) is 26.8 Å². The molecular formula is C18H21N3O3. The van der Waals surface area contributed by atoms with Crippen molar-refractivity contribution in [3.63, 3.8) is 0 Å². The molecule has 0 saturated heterocycles. The van der Waals surface area contributed by atoms with Crippen molar-refractivity contribution in [1.82, 2.24) is 9.78 Å². The number of carbonyl (C=O) groups is 2. The number of carboxylic acid groups (broad SMARTS) is 1. The van der Waals surface area contributed by atoms with Crippen LogP contribution in [0.4, 0.5) is 5.69 Å². The number of rotatable bonds is 6. The molecule has 1 amide bonds. The van der Waals surface area contributed by atoms with Crippen LogP contribution in [0.2, 0.25) is 0 Å². The van der Waals surface area contributed by atoms with Crippen LogP contribution in [0.15, 0.2) is 42.7 Å². The van der Waals surface area contributed by atoms with Gasteiger partial charge in [0, 0.05) is 6.20 Å². The molecule has 1 aromatic carbocycles. The first-order valence-corrected chi connectivity index (χ1v) is 8.04. The highest BCUT2D eigenvalue weighted by Gasteiger charge is 2.37. The molecule has 0 bridgehead atoms. The van der Waals surface area contributed by atoms with Gasteiger partial charge in [-0.3, -0.25) is 9.48 Å². The molecule has 1 aliphatic rings. The van der Waals surface area contributed by atoms with Gasteiger partial charge >= 0.3 is 5.97 Å². The predicted octanol–water partition coefficient (Wildman–Crippen LogP) is 2.84. The Balaban J connectivity index is 1.77. The quantitative estimate of drug-likeness (QED) is 0.854. The minimum absolute atomic E-state index is 0.0728. The Hall–Kier alpha value is -2.63. The first-order chi connectivity index (χ1) is 11.4. The van der Waals surface area contributed by atoms with Gasteiger partial charge in [0.1, 0.15) is 0 Å². The van der Waals surface area contributed by atoms with Crippen LogP contribution < -0.4 is 5.32 Å². The molecule has 6 nitrogen and oxygen atoms in total. The van der Waals surface area contributed by atoms with E-state index in [9.17, 15) is 14.7 Å². The van der Waals surface area contributed by atoms with Gasteiger partial charge in [-0.1, -0.05) is 30.3 Å². The maximum Gasteiger partial charge on any atom is 0.331 e. The standard InChI is InChI=1S/C18H21N3O3/c1-18(2,17(23)24)21-11-14(10-19-21)20-16(22)15(13-8-9-13)12-6-4-3-5-7-12/h3-7,10-11,13,15H,8-9H2,1-2H3,(H,20,22)(H,23,24). The topological polar surface area (TPSA) is 84.2 Å². The van der Waals surface area contributed by atoms with Crippen LogP contribution in [0.25, 0.3) is 0 Å². The van der Waals surface area contributed by atoms with Crippen LogP contribution in [-0.2, 0) is 15.1 Å². The monoisotopic (exact) mass is 327 g/mol. The van der Waals surface area contributed by atoms with E-state index in [0.29, 0.717) is 11.6 Å². The molecule has 1 heterocycles. The normalized spacial score (nSPS) is 15.8. The molecule has 126 valence electrons. The fraction of sp³-hybridized carbons (Fsp3) is 0.389.